The Morgan fingerprint density at radius 1 is 1.45 bits per heavy atom. The van der Waals surface area contributed by atoms with Crippen molar-refractivity contribution in [2.45, 2.75) is 18.5 Å². The number of carboxylic acids is 1. The summed E-state index contributed by atoms with van der Waals surface area (Å²) in [5.41, 5.74) is 5.67. The summed E-state index contributed by atoms with van der Waals surface area (Å²) < 4.78 is 27.2. The number of nitrogens with zero attached hydrogens (tertiary/aromatic N) is 1. The molecule has 1 aliphatic heterocycles. The first-order valence-electron chi connectivity index (χ1n) is 6.14. The van der Waals surface area contributed by atoms with E-state index in [1.54, 1.807) is 0 Å². The highest BCUT2D eigenvalue weighted by atomic mass is 32.2. The molecule has 1 fully saturated rings. The van der Waals surface area contributed by atoms with Crippen LogP contribution in [0.1, 0.15) is 6.42 Å². The number of carboxylic acid groups (broad SMARTS) is 1. The Labute approximate surface area is 117 Å². The van der Waals surface area contributed by atoms with Crippen molar-refractivity contribution in [1.82, 2.24) is 4.90 Å². The minimum Gasteiger partial charge on any atom is -0.481 e. The molecule has 8 nitrogen and oxygen atoms in total. The van der Waals surface area contributed by atoms with Gasteiger partial charge in [0.25, 0.3) is 0 Å². The van der Waals surface area contributed by atoms with Crippen molar-refractivity contribution in [3.8, 4) is 0 Å². The molecule has 0 aromatic carbocycles. The Hall–Kier alpha value is -1.19. The summed E-state index contributed by atoms with van der Waals surface area (Å²) in [4.78, 5) is 24.4. The zero-order valence-electron chi connectivity index (χ0n) is 11.5. The minimum atomic E-state index is -3.19. The second kappa shape index (κ2) is 6.51. The monoisotopic (exact) mass is 308 g/mol. The van der Waals surface area contributed by atoms with Gasteiger partial charge in [-0.25, -0.2) is 8.42 Å². The number of ether oxygens (including phenoxy) is 1. The van der Waals surface area contributed by atoms with Gasteiger partial charge in [0.05, 0.1) is 31.1 Å². The van der Waals surface area contributed by atoms with E-state index < -0.39 is 39.7 Å². The quantitative estimate of drug-likeness (QED) is 0.599. The Bertz CT molecular complexity index is 477. The molecular weight excluding hydrogens is 288 g/mol. The van der Waals surface area contributed by atoms with Crippen LogP contribution in [0.15, 0.2) is 0 Å². The summed E-state index contributed by atoms with van der Waals surface area (Å²) in [6.07, 6.45) is 1.08. The van der Waals surface area contributed by atoms with Crippen molar-refractivity contribution in [3.63, 3.8) is 0 Å². The molecular formula is C11H20N2O6S. The lowest BCUT2D eigenvalue weighted by Gasteiger charge is -2.28. The van der Waals surface area contributed by atoms with Crippen LogP contribution in [0.4, 0.5) is 0 Å². The molecule has 0 aromatic rings. The van der Waals surface area contributed by atoms with Crippen molar-refractivity contribution in [1.29, 1.82) is 0 Å². The van der Waals surface area contributed by atoms with Crippen LogP contribution < -0.4 is 5.73 Å². The molecule has 1 aliphatic rings. The molecule has 9 heteroatoms. The van der Waals surface area contributed by atoms with Crippen molar-refractivity contribution < 1.29 is 27.9 Å². The van der Waals surface area contributed by atoms with Crippen LogP contribution in [-0.2, 0) is 24.2 Å². The third-order valence-corrected chi connectivity index (χ3v) is 4.31. The number of rotatable bonds is 6. The first-order chi connectivity index (χ1) is 9.13. The smallest absolute Gasteiger partial charge is 0.311 e. The predicted molar refractivity (Wildman–Crippen MR) is 70.8 cm³/mol. The SMILES string of the molecule is CN(C(=O)C(N)CCS(C)(=O)=O)C1COCC1C(=O)O. The molecule has 20 heavy (non-hydrogen) atoms. The fourth-order valence-electron chi connectivity index (χ4n) is 2.05. The van der Waals surface area contributed by atoms with Crippen LogP contribution in [0.3, 0.4) is 0 Å². The molecule has 1 saturated heterocycles. The first-order valence-corrected chi connectivity index (χ1v) is 8.20. The summed E-state index contributed by atoms with van der Waals surface area (Å²) in [5.74, 6) is -2.48. The number of hydrogen-bond donors (Lipinski definition) is 2. The number of nitrogens with two attached hydrogens (primary N) is 1. The summed E-state index contributed by atoms with van der Waals surface area (Å²) in [7, 11) is -1.73. The molecule has 1 rings (SSSR count). The van der Waals surface area contributed by atoms with Crippen LogP contribution >= 0.6 is 0 Å². The number of hydrogen-bond acceptors (Lipinski definition) is 6. The van der Waals surface area contributed by atoms with E-state index in [2.05, 4.69) is 0 Å². The highest BCUT2D eigenvalue weighted by Crippen LogP contribution is 2.19. The van der Waals surface area contributed by atoms with Crippen molar-refractivity contribution in [3.05, 3.63) is 0 Å². The van der Waals surface area contributed by atoms with Gasteiger partial charge in [-0.3, -0.25) is 9.59 Å². The van der Waals surface area contributed by atoms with E-state index in [-0.39, 0.29) is 25.4 Å². The van der Waals surface area contributed by atoms with Gasteiger partial charge in [-0.1, -0.05) is 0 Å². The van der Waals surface area contributed by atoms with Gasteiger partial charge in [-0.15, -0.1) is 0 Å². The highest BCUT2D eigenvalue weighted by molar-refractivity contribution is 7.90. The number of sulfone groups is 1. The average molecular weight is 308 g/mol. The summed E-state index contributed by atoms with van der Waals surface area (Å²) in [6.45, 7) is 0.189. The molecule has 0 bridgehead atoms. The van der Waals surface area contributed by atoms with Crippen LogP contribution in [0, 0.1) is 5.92 Å². The fourth-order valence-corrected chi connectivity index (χ4v) is 2.73. The van der Waals surface area contributed by atoms with Gasteiger partial charge in [0.2, 0.25) is 5.91 Å². The van der Waals surface area contributed by atoms with Crippen LogP contribution in [0.2, 0.25) is 0 Å². The largest absolute Gasteiger partial charge is 0.481 e. The van der Waals surface area contributed by atoms with Crippen LogP contribution in [0.5, 0.6) is 0 Å². The van der Waals surface area contributed by atoms with E-state index >= 15 is 0 Å². The molecule has 0 aliphatic carbocycles. The maximum absolute atomic E-state index is 12.1. The number of amides is 1. The zero-order valence-corrected chi connectivity index (χ0v) is 12.3. The molecule has 0 saturated carbocycles. The average Bonchev–Trinajstić information content (AvgIpc) is 2.82. The molecule has 0 spiro atoms. The van der Waals surface area contributed by atoms with E-state index in [1.807, 2.05) is 0 Å². The Morgan fingerprint density at radius 2 is 2.05 bits per heavy atom. The highest BCUT2D eigenvalue weighted by Gasteiger charge is 2.39. The maximum Gasteiger partial charge on any atom is 0.311 e. The van der Waals surface area contributed by atoms with Crippen LogP contribution in [0.25, 0.3) is 0 Å². The minimum absolute atomic E-state index is 0.00726. The van der Waals surface area contributed by atoms with Gasteiger partial charge in [-0.2, -0.15) is 0 Å². The lowest BCUT2D eigenvalue weighted by molar-refractivity contribution is -0.144. The van der Waals surface area contributed by atoms with E-state index in [0.717, 1.165) is 6.26 Å². The molecule has 3 unspecified atom stereocenters. The first kappa shape index (κ1) is 16.9. The fraction of sp³-hybridized carbons (Fsp3) is 0.818. The van der Waals surface area contributed by atoms with Gasteiger partial charge in [0, 0.05) is 13.3 Å². The van der Waals surface area contributed by atoms with Gasteiger partial charge >= 0.3 is 5.97 Å². The number of likely N-dealkylation sites (N-methyl/N-ethyl adjacent to an activating group) is 1. The third kappa shape index (κ3) is 4.43. The maximum atomic E-state index is 12.1. The second-order valence-electron chi connectivity index (χ2n) is 5.02. The normalized spacial score (nSPS) is 24.4. The Balaban J connectivity index is 2.64. The summed E-state index contributed by atoms with van der Waals surface area (Å²) in [5, 5.41) is 9.03. The van der Waals surface area contributed by atoms with Gasteiger partial charge in [-0.05, 0) is 6.42 Å². The topological polar surface area (TPSA) is 127 Å². The zero-order chi connectivity index (χ0) is 15.5. The molecule has 0 aromatic heterocycles. The number of carbonyl (C=O) groups excluding carboxylic acids is 1. The van der Waals surface area contributed by atoms with Crippen molar-refractivity contribution >= 4 is 21.7 Å². The summed E-state index contributed by atoms with van der Waals surface area (Å²) >= 11 is 0. The van der Waals surface area contributed by atoms with E-state index in [0.29, 0.717) is 0 Å². The van der Waals surface area contributed by atoms with Gasteiger partial charge < -0.3 is 20.5 Å². The van der Waals surface area contributed by atoms with E-state index in [4.69, 9.17) is 15.6 Å². The second-order valence-corrected chi connectivity index (χ2v) is 7.28. The molecule has 3 N–H and O–H groups in total. The van der Waals surface area contributed by atoms with Crippen LogP contribution in [-0.4, -0.2) is 74.7 Å². The molecule has 3 atom stereocenters. The summed E-state index contributed by atoms with van der Waals surface area (Å²) in [6, 6.07) is -1.55. The van der Waals surface area contributed by atoms with Gasteiger partial charge in [0.15, 0.2) is 0 Å². The van der Waals surface area contributed by atoms with E-state index in [1.165, 1.54) is 11.9 Å². The number of carbonyl (C=O) groups is 2. The Morgan fingerprint density at radius 3 is 2.55 bits per heavy atom. The van der Waals surface area contributed by atoms with Gasteiger partial charge in [0.1, 0.15) is 15.8 Å². The molecule has 1 heterocycles. The van der Waals surface area contributed by atoms with Crippen molar-refractivity contribution in [2.24, 2.45) is 11.7 Å². The lowest BCUT2D eigenvalue weighted by Crippen LogP contribution is -2.50. The standard InChI is InChI=1S/C11H20N2O6S/c1-13(9-6-19-5-7(9)11(15)16)10(14)8(12)3-4-20(2,17)18/h7-9H,3-6,12H2,1-2H3,(H,15,16). The van der Waals surface area contributed by atoms with Crippen molar-refractivity contribution in [2.75, 3.05) is 32.3 Å². The molecule has 1 amide bonds. The predicted octanol–water partition coefficient (Wildman–Crippen LogP) is -1.69. The molecule has 116 valence electrons. The van der Waals surface area contributed by atoms with E-state index in [9.17, 15) is 18.0 Å². The lowest BCUT2D eigenvalue weighted by atomic mass is 10.0. The third-order valence-electron chi connectivity index (χ3n) is 3.33. The number of aliphatic carboxylic acids is 1. The Kier molecular flexibility index (Phi) is 5.49. The molecule has 0 radical (unpaired) electrons.